The van der Waals surface area contributed by atoms with Gasteiger partial charge < -0.3 is 10.2 Å². The molecule has 0 aromatic heterocycles. The average Bonchev–Trinajstić information content (AvgIpc) is 1.87. The molecule has 1 unspecified atom stereocenters. The fourth-order valence-corrected chi connectivity index (χ4v) is 3.08. The number of hydrogen-bond donors (Lipinski definition) is 0. The van der Waals surface area contributed by atoms with Gasteiger partial charge in [0.15, 0.2) is 0 Å². The predicted molar refractivity (Wildman–Crippen MR) is 57.3 cm³/mol. The molecule has 0 rings (SSSR count). The van der Waals surface area contributed by atoms with E-state index >= 15 is 0 Å². The first-order chi connectivity index (χ1) is 5.02. The van der Waals surface area contributed by atoms with Gasteiger partial charge in [-0.1, -0.05) is 33.5 Å². The van der Waals surface area contributed by atoms with Gasteiger partial charge in [-0.15, -0.1) is 0 Å². The van der Waals surface area contributed by atoms with E-state index in [2.05, 4.69) is 33.5 Å². The van der Waals surface area contributed by atoms with Crippen molar-refractivity contribution < 1.29 is 10.2 Å². The van der Waals surface area contributed by atoms with E-state index in [1.807, 2.05) is 0 Å². The number of ether oxygens (including phenoxy) is 1. The summed E-state index contributed by atoms with van der Waals surface area (Å²) in [6.45, 7) is 12.4. The van der Waals surface area contributed by atoms with Crippen LogP contribution in [0.1, 0.15) is 26.7 Å². The van der Waals surface area contributed by atoms with Crippen LogP contribution in [-0.2, 0) is 4.74 Å². The van der Waals surface area contributed by atoms with Crippen LogP contribution in [0.4, 0.5) is 0 Å². The van der Waals surface area contributed by atoms with Gasteiger partial charge in [-0.2, -0.15) is 0 Å². The average molecular weight is 192 g/mol. The smallest absolute Gasteiger partial charge is 0.0785 e. The van der Waals surface area contributed by atoms with E-state index < -0.39 is 8.07 Å². The van der Waals surface area contributed by atoms with Crippen molar-refractivity contribution in [3.63, 3.8) is 0 Å². The zero-order valence-corrected chi connectivity index (χ0v) is 10.1. The lowest BCUT2D eigenvalue weighted by Crippen LogP contribution is -2.40. The van der Waals surface area contributed by atoms with Gasteiger partial charge in [0.2, 0.25) is 0 Å². The second kappa shape index (κ2) is 6.63. The molecule has 0 heterocycles. The van der Waals surface area contributed by atoms with Gasteiger partial charge in [0.05, 0.1) is 8.07 Å². The van der Waals surface area contributed by atoms with Crippen LogP contribution < -0.4 is 0 Å². The van der Waals surface area contributed by atoms with E-state index in [0.717, 1.165) is 13.0 Å². The van der Waals surface area contributed by atoms with Gasteiger partial charge >= 0.3 is 0 Å². The standard InChI is InChI=1S/C9H22OSi.H2O/c1-6-8-10-9(7-2)11(3,4)5;/h9H,6-8H2,1-5H3;1H2. The lowest BCUT2D eigenvalue weighted by molar-refractivity contribution is 0.0977. The molecular formula is C9H24O2Si. The highest BCUT2D eigenvalue weighted by molar-refractivity contribution is 6.77. The van der Waals surface area contributed by atoms with Crippen molar-refractivity contribution in [2.75, 3.05) is 6.61 Å². The highest BCUT2D eigenvalue weighted by Crippen LogP contribution is 2.14. The van der Waals surface area contributed by atoms with Crippen molar-refractivity contribution in [1.29, 1.82) is 0 Å². The fourth-order valence-electron chi connectivity index (χ4n) is 1.24. The molecule has 0 spiro atoms. The van der Waals surface area contributed by atoms with E-state index in [1.165, 1.54) is 6.42 Å². The molecule has 2 N–H and O–H groups in total. The number of hydrogen-bond acceptors (Lipinski definition) is 1. The normalized spacial score (nSPS) is 13.8. The lowest BCUT2D eigenvalue weighted by Gasteiger charge is -2.27. The monoisotopic (exact) mass is 192 g/mol. The minimum atomic E-state index is -1.05. The van der Waals surface area contributed by atoms with Gasteiger partial charge in [-0.25, -0.2) is 0 Å². The first-order valence-corrected chi connectivity index (χ1v) is 8.21. The number of rotatable bonds is 5. The van der Waals surface area contributed by atoms with Gasteiger partial charge in [0, 0.05) is 12.3 Å². The quantitative estimate of drug-likeness (QED) is 0.616. The fraction of sp³-hybridized carbons (Fsp3) is 1.00. The van der Waals surface area contributed by atoms with Gasteiger partial charge in [0.25, 0.3) is 0 Å². The van der Waals surface area contributed by atoms with Crippen molar-refractivity contribution in [3.8, 4) is 0 Å². The molecule has 0 amide bonds. The molecule has 0 aliphatic heterocycles. The third kappa shape index (κ3) is 5.74. The van der Waals surface area contributed by atoms with Crippen LogP contribution in [0.25, 0.3) is 0 Å². The van der Waals surface area contributed by atoms with Gasteiger partial charge in [0.1, 0.15) is 0 Å². The zero-order chi connectivity index (χ0) is 8.91. The molecule has 0 aromatic rings. The molecule has 0 saturated heterocycles. The topological polar surface area (TPSA) is 40.7 Å². The highest BCUT2D eigenvalue weighted by atomic mass is 28.3. The van der Waals surface area contributed by atoms with Crippen molar-refractivity contribution in [2.45, 2.75) is 52.1 Å². The van der Waals surface area contributed by atoms with Crippen LogP contribution in [0, 0.1) is 0 Å². The Morgan fingerprint density at radius 2 is 1.67 bits per heavy atom. The molecular weight excluding hydrogens is 168 g/mol. The van der Waals surface area contributed by atoms with Crippen molar-refractivity contribution in [1.82, 2.24) is 0 Å². The van der Waals surface area contributed by atoms with Crippen molar-refractivity contribution in [3.05, 3.63) is 0 Å². The first kappa shape index (κ1) is 14.6. The van der Waals surface area contributed by atoms with Crippen LogP contribution >= 0.6 is 0 Å². The molecule has 0 radical (unpaired) electrons. The molecule has 0 aromatic carbocycles. The van der Waals surface area contributed by atoms with E-state index in [0.29, 0.717) is 5.73 Å². The summed E-state index contributed by atoms with van der Waals surface area (Å²) in [6, 6.07) is 0. The molecule has 0 fully saturated rings. The molecule has 76 valence electrons. The van der Waals surface area contributed by atoms with Crippen molar-refractivity contribution in [2.24, 2.45) is 0 Å². The Hall–Kier alpha value is 0.137. The Kier molecular flexibility index (Phi) is 8.10. The van der Waals surface area contributed by atoms with E-state index in [1.54, 1.807) is 0 Å². The zero-order valence-electron chi connectivity index (χ0n) is 9.11. The van der Waals surface area contributed by atoms with E-state index in [-0.39, 0.29) is 5.48 Å². The molecule has 3 heteroatoms. The largest absolute Gasteiger partial charge is 0.412 e. The van der Waals surface area contributed by atoms with Crippen molar-refractivity contribution >= 4 is 8.07 Å². The maximum atomic E-state index is 5.77. The third-order valence-corrected chi connectivity index (χ3v) is 4.37. The molecule has 0 saturated carbocycles. The summed E-state index contributed by atoms with van der Waals surface area (Å²) < 4.78 is 5.77. The molecule has 1 atom stereocenters. The van der Waals surface area contributed by atoms with Gasteiger partial charge in [-0.3, -0.25) is 0 Å². The Morgan fingerprint density at radius 3 is 1.92 bits per heavy atom. The molecule has 2 nitrogen and oxygen atoms in total. The summed E-state index contributed by atoms with van der Waals surface area (Å²) in [6.07, 6.45) is 2.32. The Morgan fingerprint density at radius 1 is 1.17 bits per heavy atom. The van der Waals surface area contributed by atoms with Gasteiger partial charge in [-0.05, 0) is 12.8 Å². The second-order valence-corrected chi connectivity index (χ2v) is 9.51. The third-order valence-electron chi connectivity index (χ3n) is 1.86. The highest BCUT2D eigenvalue weighted by Gasteiger charge is 2.25. The maximum absolute atomic E-state index is 5.77. The van der Waals surface area contributed by atoms with Crippen LogP contribution in [0.15, 0.2) is 0 Å². The summed E-state index contributed by atoms with van der Waals surface area (Å²) >= 11 is 0. The van der Waals surface area contributed by atoms with Crippen LogP contribution in [-0.4, -0.2) is 25.9 Å². The summed E-state index contributed by atoms with van der Waals surface area (Å²) in [5, 5.41) is 0. The first-order valence-electron chi connectivity index (χ1n) is 4.64. The minimum Gasteiger partial charge on any atom is -0.412 e. The van der Waals surface area contributed by atoms with E-state index in [4.69, 9.17) is 4.74 Å². The molecule has 0 aliphatic rings. The predicted octanol–water partition coefficient (Wildman–Crippen LogP) is 2.24. The SMILES string of the molecule is CCCOC(CC)[Si](C)(C)C.O. The minimum absolute atomic E-state index is 0. The Bertz CT molecular complexity index is 99.2. The van der Waals surface area contributed by atoms with Crippen LogP contribution in [0.2, 0.25) is 19.6 Å². The Labute approximate surface area is 77.6 Å². The summed E-state index contributed by atoms with van der Waals surface area (Å²) in [5.74, 6) is 0. The van der Waals surface area contributed by atoms with Crippen LogP contribution in [0.3, 0.4) is 0 Å². The summed E-state index contributed by atoms with van der Waals surface area (Å²) in [4.78, 5) is 0. The Balaban J connectivity index is 0. The maximum Gasteiger partial charge on any atom is 0.0785 e. The molecule has 0 aliphatic carbocycles. The molecule has 0 bridgehead atoms. The lowest BCUT2D eigenvalue weighted by atomic mass is 10.5. The summed E-state index contributed by atoms with van der Waals surface area (Å²) in [5.41, 5.74) is 0.558. The molecule has 12 heavy (non-hydrogen) atoms. The second-order valence-electron chi connectivity index (χ2n) is 4.13. The van der Waals surface area contributed by atoms with E-state index in [9.17, 15) is 0 Å². The van der Waals surface area contributed by atoms with Crippen LogP contribution in [0.5, 0.6) is 0 Å². The summed E-state index contributed by atoms with van der Waals surface area (Å²) in [7, 11) is -1.05.